The number of fused-ring (bicyclic) bond motifs is 5. The summed E-state index contributed by atoms with van der Waals surface area (Å²) in [4.78, 5) is 23.2. The van der Waals surface area contributed by atoms with Crippen molar-refractivity contribution in [2.75, 3.05) is 43.1 Å². The molecule has 0 spiro atoms. The quantitative estimate of drug-likeness (QED) is 0.431. The molecule has 180 valence electrons. The minimum absolute atomic E-state index is 0.0106. The van der Waals surface area contributed by atoms with Crippen molar-refractivity contribution in [3.63, 3.8) is 0 Å². The van der Waals surface area contributed by atoms with Crippen LogP contribution in [0.2, 0.25) is 0 Å². The number of hydrogen-bond acceptors (Lipinski definition) is 6. The highest BCUT2D eigenvalue weighted by molar-refractivity contribution is 7.21. The predicted octanol–water partition coefficient (Wildman–Crippen LogP) is 4.89. The van der Waals surface area contributed by atoms with Gasteiger partial charge in [0.15, 0.2) is 0 Å². The number of nitrogens with one attached hydrogen (secondary N) is 1. The van der Waals surface area contributed by atoms with Gasteiger partial charge in [-0.25, -0.2) is 4.98 Å². The summed E-state index contributed by atoms with van der Waals surface area (Å²) in [6.45, 7) is 5.09. The number of piperidine rings is 1. The molecule has 4 heterocycles. The number of aromatic nitrogens is 1. The first-order chi connectivity index (χ1) is 17.0. The number of rotatable bonds is 3. The summed E-state index contributed by atoms with van der Waals surface area (Å²) in [5.74, 6) is 0.450. The molecule has 1 atom stereocenters. The van der Waals surface area contributed by atoms with E-state index in [4.69, 9.17) is 4.98 Å². The van der Waals surface area contributed by atoms with E-state index >= 15 is 0 Å². The van der Waals surface area contributed by atoms with E-state index in [2.05, 4.69) is 70.7 Å². The van der Waals surface area contributed by atoms with Gasteiger partial charge in [-0.2, -0.15) is 0 Å². The second-order valence-corrected chi connectivity index (χ2v) is 10.9. The van der Waals surface area contributed by atoms with Crippen LogP contribution >= 0.6 is 11.3 Å². The second-order valence-electron chi connectivity index (χ2n) is 9.90. The SMILES string of the molecule is CC1CN(C)c2c(sc3ccc4nc(-c5ccc(N6CCC(CO)CC6)cc5)ccc4c23)C(=O)N1. The van der Waals surface area contributed by atoms with Crippen molar-refractivity contribution in [3.05, 3.63) is 53.4 Å². The number of pyridine rings is 1. The first-order valence-electron chi connectivity index (χ1n) is 12.4. The third-order valence-electron chi connectivity index (χ3n) is 7.41. The van der Waals surface area contributed by atoms with Crippen LogP contribution in [0.1, 0.15) is 29.4 Å². The lowest BCUT2D eigenvalue weighted by atomic mass is 9.97. The van der Waals surface area contributed by atoms with Gasteiger partial charge in [0.25, 0.3) is 5.91 Å². The van der Waals surface area contributed by atoms with Crippen molar-refractivity contribution >= 4 is 49.6 Å². The van der Waals surface area contributed by atoms with Crippen molar-refractivity contribution in [1.29, 1.82) is 0 Å². The lowest BCUT2D eigenvalue weighted by Crippen LogP contribution is -2.36. The molecule has 1 amide bonds. The van der Waals surface area contributed by atoms with Gasteiger partial charge >= 0.3 is 0 Å². The molecule has 6 rings (SSSR count). The van der Waals surface area contributed by atoms with Crippen LogP contribution < -0.4 is 15.1 Å². The van der Waals surface area contributed by atoms with Crippen molar-refractivity contribution in [1.82, 2.24) is 10.3 Å². The van der Waals surface area contributed by atoms with Gasteiger partial charge in [0.05, 0.1) is 16.9 Å². The Morgan fingerprint density at radius 1 is 1.09 bits per heavy atom. The molecular weight excluding hydrogens is 456 g/mol. The van der Waals surface area contributed by atoms with Crippen molar-refractivity contribution in [2.45, 2.75) is 25.8 Å². The topological polar surface area (TPSA) is 68.7 Å². The minimum atomic E-state index is 0.0106. The third-order valence-corrected chi connectivity index (χ3v) is 8.55. The predicted molar refractivity (Wildman–Crippen MR) is 145 cm³/mol. The number of likely N-dealkylation sites (N-methyl/N-ethyl adjacent to an activating group) is 1. The van der Waals surface area contributed by atoms with E-state index in [-0.39, 0.29) is 11.9 Å². The summed E-state index contributed by atoms with van der Waals surface area (Å²) in [5.41, 5.74) is 5.22. The van der Waals surface area contributed by atoms with Gasteiger partial charge in [-0.15, -0.1) is 11.3 Å². The van der Waals surface area contributed by atoms with Gasteiger partial charge in [0, 0.05) is 66.1 Å². The number of aliphatic hydroxyl groups excluding tert-OH is 1. The van der Waals surface area contributed by atoms with Gasteiger partial charge in [0.1, 0.15) is 4.88 Å². The molecule has 0 saturated carbocycles. The van der Waals surface area contributed by atoms with E-state index in [1.54, 1.807) is 11.3 Å². The standard InChI is InChI=1S/C28H30N4O2S/c1-17-15-31(2)26-25-21-7-8-22(30-23(21)9-10-24(25)35-27(26)28(34)29-17)19-3-5-20(6-4-19)32-13-11-18(16-33)12-14-32/h3-10,17-18,33H,11-16H2,1-2H3,(H,29,34). The van der Waals surface area contributed by atoms with E-state index in [0.717, 1.165) is 75.3 Å². The van der Waals surface area contributed by atoms with E-state index in [9.17, 15) is 9.90 Å². The fourth-order valence-corrected chi connectivity index (χ4v) is 6.69. The monoisotopic (exact) mass is 486 g/mol. The molecule has 2 aliphatic heterocycles. The highest BCUT2D eigenvalue weighted by Gasteiger charge is 2.28. The van der Waals surface area contributed by atoms with Gasteiger partial charge in [-0.3, -0.25) is 4.79 Å². The summed E-state index contributed by atoms with van der Waals surface area (Å²) >= 11 is 1.56. The van der Waals surface area contributed by atoms with Crippen molar-refractivity contribution in [2.24, 2.45) is 5.92 Å². The number of carbonyl (C=O) groups is 1. The van der Waals surface area contributed by atoms with Crippen LogP contribution in [0.4, 0.5) is 11.4 Å². The molecule has 0 bridgehead atoms. The van der Waals surface area contributed by atoms with Gasteiger partial charge < -0.3 is 20.2 Å². The van der Waals surface area contributed by atoms with Crippen LogP contribution in [0, 0.1) is 5.92 Å². The zero-order valence-electron chi connectivity index (χ0n) is 20.1. The summed E-state index contributed by atoms with van der Waals surface area (Å²) < 4.78 is 1.11. The van der Waals surface area contributed by atoms with E-state index < -0.39 is 0 Å². The van der Waals surface area contributed by atoms with Crippen LogP contribution in [0.3, 0.4) is 0 Å². The second kappa shape index (κ2) is 8.81. The Morgan fingerprint density at radius 2 is 1.86 bits per heavy atom. The lowest BCUT2D eigenvalue weighted by molar-refractivity contribution is 0.0949. The Hall–Kier alpha value is -3.16. The van der Waals surface area contributed by atoms with E-state index in [1.807, 2.05) is 6.92 Å². The Kier molecular flexibility index (Phi) is 5.61. The molecular formula is C28H30N4O2S. The summed E-state index contributed by atoms with van der Waals surface area (Å²) in [6, 6.07) is 17.2. The van der Waals surface area contributed by atoms with Crippen molar-refractivity contribution < 1.29 is 9.90 Å². The highest BCUT2D eigenvalue weighted by Crippen LogP contribution is 2.43. The Balaban J connectivity index is 1.35. The molecule has 35 heavy (non-hydrogen) atoms. The lowest BCUT2D eigenvalue weighted by Gasteiger charge is -2.32. The highest BCUT2D eigenvalue weighted by atomic mass is 32.1. The molecule has 2 N–H and O–H groups in total. The minimum Gasteiger partial charge on any atom is -0.396 e. The van der Waals surface area contributed by atoms with E-state index in [1.165, 1.54) is 5.69 Å². The van der Waals surface area contributed by atoms with Crippen LogP contribution in [0.15, 0.2) is 48.5 Å². The number of hydrogen-bond donors (Lipinski definition) is 2. The van der Waals surface area contributed by atoms with E-state index in [0.29, 0.717) is 12.5 Å². The summed E-state index contributed by atoms with van der Waals surface area (Å²) in [5, 5.41) is 14.7. The zero-order chi connectivity index (χ0) is 24.1. The molecule has 2 aliphatic rings. The zero-order valence-corrected chi connectivity index (χ0v) is 20.9. The van der Waals surface area contributed by atoms with Crippen molar-refractivity contribution in [3.8, 4) is 11.3 Å². The Bertz CT molecular complexity index is 1410. The maximum atomic E-state index is 12.8. The average Bonchev–Trinajstić information content (AvgIpc) is 3.24. The number of thiophene rings is 1. The van der Waals surface area contributed by atoms with Crippen LogP contribution in [0.5, 0.6) is 0 Å². The number of carbonyl (C=O) groups excluding carboxylic acids is 1. The van der Waals surface area contributed by atoms with Crippen LogP contribution in [-0.4, -0.2) is 55.3 Å². The molecule has 1 fully saturated rings. The van der Waals surface area contributed by atoms with Gasteiger partial charge in [-0.1, -0.05) is 12.1 Å². The summed E-state index contributed by atoms with van der Waals surface area (Å²) in [6.07, 6.45) is 2.09. The number of aliphatic hydroxyl groups is 1. The number of amides is 1. The largest absolute Gasteiger partial charge is 0.396 e. The molecule has 2 aromatic carbocycles. The maximum absolute atomic E-state index is 12.8. The van der Waals surface area contributed by atoms with Crippen LogP contribution in [-0.2, 0) is 0 Å². The molecule has 7 heteroatoms. The third kappa shape index (κ3) is 3.93. The normalized spacial score (nSPS) is 19.2. The molecule has 1 saturated heterocycles. The number of benzene rings is 2. The molecule has 0 radical (unpaired) electrons. The maximum Gasteiger partial charge on any atom is 0.263 e. The fraction of sp³-hybridized carbons (Fsp3) is 0.357. The Labute approximate surface area is 209 Å². The number of anilines is 2. The molecule has 6 nitrogen and oxygen atoms in total. The molecule has 2 aromatic heterocycles. The summed E-state index contributed by atoms with van der Waals surface area (Å²) in [7, 11) is 2.07. The first-order valence-corrected chi connectivity index (χ1v) is 13.2. The Morgan fingerprint density at radius 3 is 2.60 bits per heavy atom. The van der Waals surface area contributed by atoms with Gasteiger partial charge in [0.2, 0.25) is 0 Å². The first kappa shape index (κ1) is 22.3. The fourth-order valence-electron chi connectivity index (χ4n) is 5.52. The number of nitrogens with zero attached hydrogens (tertiary/aromatic N) is 3. The average molecular weight is 487 g/mol. The smallest absolute Gasteiger partial charge is 0.263 e. The molecule has 4 aromatic rings. The van der Waals surface area contributed by atoms with Crippen LogP contribution in [0.25, 0.3) is 32.2 Å². The van der Waals surface area contributed by atoms with Gasteiger partial charge in [-0.05, 0) is 62.1 Å². The molecule has 0 aliphatic carbocycles. The molecule has 1 unspecified atom stereocenters.